The van der Waals surface area contributed by atoms with Crippen molar-refractivity contribution in [3.8, 4) is 0 Å². The number of aliphatic hydroxyl groups is 1. The monoisotopic (exact) mass is 291 g/mol. The standard InChI is InChI=1S/C16H21NO4/c18-12-4-3-10-6-17(7-11(10)12)15(19)13-8-1-2-9(5-8)14(13)16(20)21/h1-2,8-14,18H,3-7H2,(H,20,21). The number of amides is 1. The number of nitrogens with zero attached hydrogens (tertiary/aromatic N) is 1. The number of carboxylic acid groups (broad SMARTS) is 1. The summed E-state index contributed by atoms with van der Waals surface area (Å²) in [5, 5.41) is 19.4. The number of carbonyl (C=O) groups excluding carboxylic acids is 1. The second-order valence-corrected chi connectivity index (χ2v) is 7.15. The van der Waals surface area contributed by atoms with Crippen LogP contribution in [0.2, 0.25) is 0 Å². The van der Waals surface area contributed by atoms with Gasteiger partial charge in [-0.2, -0.15) is 0 Å². The minimum Gasteiger partial charge on any atom is -0.481 e. The second kappa shape index (κ2) is 4.57. The van der Waals surface area contributed by atoms with Crippen LogP contribution in [0.15, 0.2) is 12.2 Å². The lowest BCUT2D eigenvalue weighted by Crippen LogP contribution is -2.42. The van der Waals surface area contributed by atoms with E-state index in [1.165, 1.54) is 0 Å². The predicted octanol–water partition coefficient (Wildman–Crippen LogP) is 0.739. The summed E-state index contributed by atoms with van der Waals surface area (Å²) in [6.07, 6.45) is 6.33. The van der Waals surface area contributed by atoms with Gasteiger partial charge in [-0.15, -0.1) is 0 Å². The Morgan fingerprint density at radius 3 is 2.43 bits per heavy atom. The third-order valence-corrected chi connectivity index (χ3v) is 6.16. The van der Waals surface area contributed by atoms with Gasteiger partial charge in [-0.25, -0.2) is 0 Å². The average Bonchev–Trinajstić information content (AvgIpc) is 3.18. The fraction of sp³-hybridized carbons (Fsp3) is 0.750. The molecule has 0 aromatic rings. The number of carbonyl (C=O) groups is 2. The van der Waals surface area contributed by atoms with E-state index in [-0.39, 0.29) is 29.8 Å². The van der Waals surface area contributed by atoms with Gasteiger partial charge in [0.05, 0.1) is 17.9 Å². The third kappa shape index (κ3) is 1.86. The first-order valence-corrected chi connectivity index (χ1v) is 7.94. The molecule has 0 aromatic carbocycles. The lowest BCUT2D eigenvalue weighted by atomic mass is 9.82. The molecule has 4 aliphatic rings. The Labute approximate surface area is 123 Å². The molecular weight excluding hydrogens is 270 g/mol. The summed E-state index contributed by atoms with van der Waals surface area (Å²) in [6.45, 7) is 1.30. The number of aliphatic hydroxyl groups excluding tert-OH is 1. The van der Waals surface area contributed by atoms with Gasteiger partial charge >= 0.3 is 5.97 Å². The SMILES string of the molecule is O=C(O)C1C2C=CC(C2)C1C(=O)N1CC2CCC(O)C2C1. The van der Waals surface area contributed by atoms with Gasteiger partial charge in [0.2, 0.25) is 5.91 Å². The molecular formula is C16H21NO4. The molecule has 1 saturated heterocycles. The molecule has 5 heteroatoms. The maximum absolute atomic E-state index is 12.8. The van der Waals surface area contributed by atoms with Gasteiger partial charge in [0.1, 0.15) is 0 Å². The van der Waals surface area contributed by atoms with Crippen molar-refractivity contribution in [1.82, 2.24) is 4.90 Å². The van der Waals surface area contributed by atoms with Crippen LogP contribution >= 0.6 is 0 Å². The minimum atomic E-state index is -0.843. The third-order valence-electron chi connectivity index (χ3n) is 6.16. The van der Waals surface area contributed by atoms with Gasteiger partial charge in [0.15, 0.2) is 0 Å². The predicted molar refractivity (Wildman–Crippen MR) is 74.2 cm³/mol. The Kier molecular flexibility index (Phi) is 2.89. The van der Waals surface area contributed by atoms with Gasteiger partial charge in [-0.1, -0.05) is 12.2 Å². The molecule has 114 valence electrons. The molecule has 7 atom stereocenters. The van der Waals surface area contributed by atoms with Crippen LogP contribution < -0.4 is 0 Å². The van der Waals surface area contributed by atoms with Crippen molar-refractivity contribution >= 4 is 11.9 Å². The molecule has 1 heterocycles. The van der Waals surface area contributed by atoms with Crippen molar-refractivity contribution < 1.29 is 19.8 Å². The number of hydrogen-bond acceptors (Lipinski definition) is 3. The highest BCUT2D eigenvalue weighted by molar-refractivity contribution is 5.87. The fourth-order valence-corrected chi connectivity index (χ4v) is 5.12. The first-order chi connectivity index (χ1) is 10.1. The quantitative estimate of drug-likeness (QED) is 0.736. The Bertz CT molecular complexity index is 516. The number of carboxylic acids is 1. The molecule has 2 bridgehead atoms. The van der Waals surface area contributed by atoms with Crippen LogP contribution in [-0.4, -0.2) is 46.2 Å². The van der Waals surface area contributed by atoms with Crippen LogP contribution in [0.5, 0.6) is 0 Å². The number of fused-ring (bicyclic) bond motifs is 3. The van der Waals surface area contributed by atoms with Crippen molar-refractivity contribution in [1.29, 1.82) is 0 Å². The zero-order chi connectivity index (χ0) is 14.7. The molecule has 3 fully saturated rings. The van der Waals surface area contributed by atoms with Crippen LogP contribution in [0, 0.1) is 35.5 Å². The molecule has 2 saturated carbocycles. The minimum absolute atomic E-state index is 0.000787. The molecule has 0 radical (unpaired) electrons. The summed E-state index contributed by atoms with van der Waals surface area (Å²) in [5.74, 6) is -1.08. The molecule has 0 aromatic heterocycles. The zero-order valence-electron chi connectivity index (χ0n) is 11.9. The van der Waals surface area contributed by atoms with E-state index in [0.29, 0.717) is 19.0 Å². The Hall–Kier alpha value is -1.36. The number of allylic oxidation sites excluding steroid dienone is 2. The lowest BCUT2D eigenvalue weighted by molar-refractivity contribution is -0.150. The van der Waals surface area contributed by atoms with E-state index < -0.39 is 17.8 Å². The van der Waals surface area contributed by atoms with Gasteiger partial charge in [0.25, 0.3) is 0 Å². The van der Waals surface area contributed by atoms with Gasteiger partial charge < -0.3 is 15.1 Å². The maximum atomic E-state index is 12.8. The van der Waals surface area contributed by atoms with Crippen LogP contribution in [-0.2, 0) is 9.59 Å². The number of hydrogen-bond donors (Lipinski definition) is 2. The number of aliphatic carboxylic acids is 1. The molecule has 1 aliphatic heterocycles. The van der Waals surface area contributed by atoms with E-state index in [1.54, 1.807) is 0 Å². The van der Waals surface area contributed by atoms with Gasteiger partial charge in [0, 0.05) is 19.0 Å². The molecule has 2 N–H and O–H groups in total. The summed E-state index contributed by atoms with van der Waals surface area (Å²) >= 11 is 0. The fourth-order valence-electron chi connectivity index (χ4n) is 5.12. The smallest absolute Gasteiger partial charge is 0.307 e. The summed E-state index contributed by atoms with van der Waals surface area (Å²) in [6, 6.07) is 0. The summed E-state index contributed by atoms with van der Waals surface area (Å²) < 4.78 is 0. The van der Waals surface area contributed by atoms with E-state index >= 15 is 0 Å². The van der Waals surface area contributed by atoms with E-state index in [1.807, 2.05) is 17.1 Å². The molecule has 4 rings (SSSR count). The lowest BCUT2D eigenvalue weighted by Gasteiger charge is -2.29. The average molecular weight is 291 g/mol. The highest BCUT2D eigenvalue weighted by Crippen LogP contribution is 2.49. The number of likely N-dealkylation sites (tertiary alicyclic amines) is 1. The summed E-state index contributed by atoms with van der Waals surface area (Å²) in [5.41, 5.74) is 0. The van der Waals surface area contributed by atoms with Crippen LogP contribution in [0.25, 0.3) is 0 Å². The first-order valence-electron chi connectivity index (χ1n) is 7.94. The van der Waals surface area contributed by atoms with Crippen LogP contribution in [0.1, 0.15) is 19.3 Å². The largest absolute Gasteiger partial charge is 0.481 e. The van der Waals surface area contributed by atoms with Crippen LogP contribution in [0.4, 0.5) is 0 Å². The summed E-state index contributed by atoms with van der Waals surface area (Å²) in [4.78, 5) is 26.2. The topological polar surface area (TPSA) is 77.8 Å². The van der Waals surface area contributed by atoms with Crippen LogP contribution in [0.3, 0.4) is 0 Å². The van der Waals surface area contributed by atoms with Crippen molar-refractivity contribution in [3.63, 3.8) is 0 Å². The van der Waals surface area contributed by atoms with Gasteiger partial charge in [-0.05, 0) is 37.0 Å². The highest BCUT2D eigenvalue weighted by Gasteiger charge is 2.54. The van der Waals surface area contributed by atoms with Crippen molar-refractivity contribution in [2.24, 2.45) is 35.5 Å². The van der Waals surface area contributed by atoms with E-state index in [0.717, 1.165) is 19.3 Å². The molecule has 7 unspecified atom stereocenters. The van der Waals surface area contributed by atoms with E-state index in [4.69, 9.17) is 0 Å². The molecule has 3 aliphatic carbocycles. The maximum Gasteiger partial charge on any atom is 0.307 e. The highest BCUT2D eigenvalue weighted by atomic mass is 16.4. The first kappa shape index (κ1) is 13.3. The Balaban J connectivity index is 1.53. The summed E-state index contributed by atoms with van der Waals surface area (Å²) in [7, 11) is 0. The van der Waals surface area contributed by atoms with E-state index in [9.17, 15) is 19.8 Å². The van der Waals surface area contributed by atoms with Crippen molar-refractivity contribution in [2.45, 2.75) is 25.4 Å². The number of rotatable bonds is 2. The molecule has 21 heavy (non-hydrogen) atoms. The van der Waals surface area contributed by atoms with Gasteiger partial charge in [-0.3, -0.25) is 9.59 Å². The molecule has 0 spiro atoms. The normalized spacial score (nSPS) is 47.1. The molecule has 1 amide bonds. The Morgan fingerprint density at radius 2 is 1.76 bits per heavy atom. The Morgan fingerprint density at radius 1 is 1.05 bits per heavy atom. The second-order valence-electron chi connectivity index (χ2n) is 7.15. The van der Waals surface area contributed by atoms with E-state index in [2.05, 4.69) is 0 Å². The zero-order valence-corrected chi connectivity index (χ0v) is 11.9. The van der Waals surface area contributed by atoms with Crippen molar-refractivity contribution in [2.75, 3.05) is 13.1 Å². The molecule has 5 nitrogen and oxygen atoms in total. The van der Waals surface area contributed by atoms with Crippen molar-refractivity contribution in [3.05, 3.63) is 12.2 Å².